The second kappa shape index (κ2) is 12.1. The van der Waals surface area contributed by atoms with Crippen LogP contribution in [-0.4, -0.2) is 54.4 Å². The maximum absolute atomic E-state index is 13.0. The zero-order valence-electron chi connectivity index (χ0n) is 19.9. The van der Waals surface area contributed by atoms with Gasteiger partial charge in [0, 0.05) is 26.2 Å². The van der Waals surface area contributed by atoms with Gasteiger partial charge < -0.3 is 15.0 Å². The number of halogens is 2. The first-order valence-corrected chi connectivity index (χ1v) is 12.4. The van der Waals surface area contributed by atoms with Crippen molar-refractivity contribution < 1.29 is 23.1 Å². The minimum Gasteiger partial charge on any atom is -0.434 e. The van der Waals surface area contributed by atoms with Crippen LogP contribution in [0.3, 0.4) is 0 Å². The monoisotopic (exact) mass is 485 g/mol. The van der Waals surface area contributed by atoms with E-state index in [1.165, 1.54) is 37.0 Å². The Morgan fingerprint density at radius 2 is 1.66 bits per heavy atom. The second-order valence-electron chi connectivity index (χ2n) is 9.34. The zero-order valence-corrected chi connectivity index (χ0v) is 19.9. The fraction of sp³-hybridized carbons (Fsp3) is 0.481. The van der Waals surface area contributed by atoms with E-state index < -0.39 is 12.5 Å². The van der Waals surface area contributed by atoms with Gasteiger partial charge in [0.25, 0.3) is 5.91 Å². The highest BCUT2D eigenvalue weighted by Crippen LogP contribution is 2.25. The number of piperidine rings is 2. The molecule has 2 aromatic carbocycles. The van der Waals surface area contributed by atoms with Crippen LogP contribution in [-0.2, 0) is 17.9 Å². The molecular formula is C27H33F2N3O3. The topological polar surface area (TPSA) is 61.9 Å². The van der Waals surface area contributed by atoms with Crippen LogP contribution in [0.2, 0.25) is 0 Å². The first kappa shape index (κ1) is 25.1. The third-order valence-corrected chi connectivity index (χ3v) is 6.76. The molecule has 2 saturated heterocycles. The Bertz CT molecular complexity index is 993. The van der Waals surface area contributed by atoms with Gasteiger partial charge in [-0.25, -0.2) is 0 Å². The van der Waals surface area contributed by atoms with Gasteiger partial charge in [-0.15, -0.1) is 0 Å². The number of carbonyl (C=O) groups is 2. The lowest BCUT2D eigenvalue weighted by Gasteiger charge is -2.32. The van der Waals surface area contributed by atoms with Crippen LogP contribution in [0.15, 0.2) is 48.5 Å². The quantitative estimate of drug-likeness (QED) is 0.601. The smallest absolute Gasteiger partial charge is 0.387 e. The molecule has 1 unspecified atom stereocenters. The molecule has 1 N–H and O–H groups in total. The SMILES string of the molecule is O=C(NCc1ccc(CN2CCCCC2)cc1)C1CCCN(C(=O)c2ccccc2OC(F)F)C1. The number of alkyl halides is 2. The molecule has 0 aliphatic carbocycles. The normalized spacial score (nSPS) is 18.9. The number of amides is 2. The minimum atomic E-state index is -3.01. The van der Waals surface area contributed by atoms with E-state index in [0.717, 1.165) is 25.2 Å². The van der Waals surface area contributed by atoms with Crippen LogP contribution in [0.5, 0.6) is 5.75 Å². The summed E-state index contributed by atoms with van der Waals surface area (Å²) in [5.74, 6) is -0.989. The predicted molar refractivity (Wildman–Crippen MR) is 129 cm³/mol. The van der Waals surface area contributed by atoms with E-state index in [0.29, 0.717) is 25.9 Å². The molecule has 0 radical (unpaired) electrons. The molecule has 0 aromatic heterocycles. The molecule has 2 fully saturated rings. The number of nitrogens with zero attached hydrogens (tertiary/aromatic N) is 2. The summed E-state index contributed by atoms with van der Waals surface area (Å²) in [6.07, 6.45) is 5.21. The van der Waals surface area contributed by atoms with Crippen LogP contribution >= 0.6 is 0 Å². The van der Waals surface area contributed by atoms with Crippen molar-refractivity contribution in [1.82, 2.24) is 15.1 Å². The van der Waals surface area contributed by atoms with Gasteiger partial charge in [0.1, 0.15) is 5.75 Å². The fourth-order valence-corrected chi connectivity index (χ4v) is 4.86. The molecule has 2 aromatic rings. The van der Waals surface area contributed by atoms with Gasteiger partial charge in [-0.1, -0.05) is 42.8 Å². The Balaban J connectivity index is 1.29. The van der Waals surface area contributed by atoms with E-state index in [1.54, 1.807) is 17.0 Å². The highest BCUT2D eigenvalue weighted by molar-refractivity contribution is 5.97. The molecule has 4 rings (SSSR count). The lowest BCUT2D eigenvalue weighted by molar-refractivity contribution is -0.126. The molecule has 2 aliphatic heterocycles. The first-order valence-electron chi connectivity index (χ1n) is 12.4. The Labute approximate surface area is 205 Å². The lowest BCUT2D eigenvalue weighted by Crippen LogP contribution is -2.45. The summed E-state index contributed by atoms with van der Waals surface area (Å²) in [5.41, 5.74) is 2.39. The van der Waals surface area contributed by atoms with Crippen molar-refractivity contribution in [2.75, 3.05) is 26.2 Å². The number of hydrogen-bond donors (Lipinski definition) is 1. The number of likely N-dealkylation sites (tertiary alicyclic amines) is 2. The van der Waals surface area contributed by atoms with E-state index in [4.69, 9.17) is 0 Å². The molecule has 35 heavy (non-hydrogen) atoms. The van der Waals surface area contributed by atoms with Crippen molar-refractivity contribution >= 4 is 11.8 Å². The van der Waals surface area contributed by atoms with Gasteiger partial charge >= 0.3 is 6.61 Å². The molecule has 2 heterocycles. The van der Waals surface area contributed by atoms with Crippen LogP contribution in [0, 0.1) is 5.92 Å². The van der Waals surface area contributed by atoms with E-state index in [2.05, 4.69) is 39.2 Å². The van der Waals surface area contributed by atoms with Crippen molar-refractivity contribution in [3.63, 3.8) is 0 Å². The Hall–Kier alpha value is -3.00. The summed E-state index contributed by atoms with van der Waals surface area (Å²) in [4.78, 5) is 29.9. The largest absolute Gasteiger partial charge is 0.434 e. The number of para-hydroxylation sites is 1. The molecule has 2 aliphatic rings. The van der Waals surface area contributed by atoms with Gasteiger partial charge in [0.15, 0.2) is 0 Å². The van der Waals surface area contributed by atoms with Crippen LogP contribution in [0.1, 0.15) is 53.6 Å². The summed E-state index contributed by atoms with van der Waals surface area (Å²) < 4.78 is 30.0. The second-order valence-corrected chi connectivity index (χ2v) is 9.34. The Morgan fingerprint density at radius 3 is 2.40 bits per heavy atom. The minimum absolute atomic E-state index is 0.0819. The van der Waals surface area contributed by atoms with Gasteiger partial charge in [-0.05, 0) is 62.0 Å². The predicted octanol–water partition coefficient (Wildman–Crippen LogP) is 4.44. The summed E-state index contributed by atoms with van der Waals surface area (Å²) in [6.45, 7) is 1.42. The first-order chi connectivity index (χ1) is 17.0. The molecule has 0 bridgehead atoms. The maximum atomic E-state index is 13.0. The summed E-state index contributed by atoms with van der Waals surface area (Å²) in [7, 11) is 0. The number of rotatable bonds is 8. The molecule has 1 atom stereocenters. The molecule has 0 saturated carbocycles. The number of hydrogen-bond acceptors (Lipinski definition) is 4. The number of carbonyl (C=O) groups excluding carboxylic acids is 2. The Morgan fingerprint density at radius 1 is 0.943 bits per heavy atom. The van der Waals surface area contributed by atoms with E-state index in [-0.39, 0.29) is 29.7 Å². The average Bonchev–Trinajstić information content (AvgIpc) is 2.88. The van der Waals surface area contributed by atoms with Crippen LogP contribution < -0.4 is 10.1 Å². The average molecular weight is 486 g/mol. The third kappa shape index (κ3) is 7.01. The van der Waals surface area contributed by atoms with Crippen molar-refractivity contribution in [3.8, 4) is 5.75 Å². The van der Waals surface area contributed by atoms with Gasteiger partial charge in [0.05, 0.1) is 11.5 Å². The molecule has 188 valence electrons. The molecular weight excluding hydrogens is 452 g/mol. The van der Waals surface area contributed by atoms with Gasteiger partial charge in [-0.3, -0.25) is 14.5 Å². The third-order valence-electron chi connectivity index (χ3n) is 6.76. The van der Waals surface area contributed by atoms with E-state index in [1.807, 2.05) is 0 Å². The number of nitrogens with one attached hydrogen (secondary N) is 1. The Kier molecular flexibility index (Phi) is 8.69. The van der Waals surface area contributed by atoms with Crippen LogP contribution in [0.25, 0.3) is 0 Å². The number of benzene rings is 2. The highest BCUT2D eigenvalue weighted by Gasteiger charge is 2.30. The van der Waals surface area contributed by atoms with Crippen molar-refractivity contribution in [3.05, 3.63) is 65.2 Å². The van der Waals surface area contributed by atoms with Crippen molar-refractivity contribution in [2.24, 2.45) is 5.92 Å². The maximum Gasteiger partial charge on any atom is 0.387 e. The molecule has 2 amide bonds. The van der Waals surface area contributed by atoms with Crippen molar-refractivity contribution in [1.29, 1.82) is 0 Å². The van der Waals surface area contributed by atoms with Gasteiger partial charge in [0.2, 0.25) is 5.91 Å². The summed E-state index contributed by atoms with van der Waals surface area (Å²) >= 11 is 0. The highest BCUT2D eigenvalue weighted by atomic mass is 19.3. The zero-order chi connectivity index (χ0) is 24.6. The fourth-order valence-electron chi connectivity index (χ4n) is 4.86. The molecule has 8 heteroatoms. The number of ether oxygens (including phenoxy) is 1. The van der Waals surface area contributed by atoms with Crippen LogP contribution in [0.4, 0.5) is 8.78 Å². The lowest BCUT2D eigenvalue weighted by atomic mass is 9.96. The van der Waals surface area contributed by atoms with E-state index >= 15 is 0 Å². The summed E-state index contributed by atoms with van der Waals surface area (Å²) in [6, 6.07) is 14.3. The van der Waals surface area contributed by atoms with E-state index in [9.17, 15) is 18.4 Å². The van der Waals surface area contributed by atoms with Crippen molar-refractivity contribution in [2.45, 2.75) is 51.8 Å². The summed E-state index contributed by atoms with van der Waals surface area (Å²) in [5, 5.41) is 3.00. The molecule has 6 nitrogen and oxygen atoms in total. The molecule has 0 spiro atoms. The standard InChI is InChI=1S/C27H33F2N3O3/c28-27(29)35-24-9-3-2-8-23(24)26(34)32-16-6-7-22(19-32)25(33)30-17-20-10-12-21(13-11-20)18-31-14-4-1-5-15-31/h2-3,8-13,22,27H,1,4-7,14-19H2,(H,30,33). The van der Waals surface area contributed by atoms with Gasteiger partial charge in [-0.2, -0.15) is 8.78 Å².